The van der Waals surface area contributed by atoms with Crippen LogP contribution in [-0.4, -0.2) is 29.5 Å². The second-order valence-electron chi connectivity index (χ2n) is 4.88. The predicted octanol–water partition coefficient (Wildman–Crippen LogP) is 2.48. The van der Waals surface area contributed by atoms with Gasteiger partial charge in [-0.15, -0.1) is 13.2 Å². The molecule has 0 fully saturated rings. The van der Waals surface area contributed by atoms with Crippen molar-refractivity contribution in [3.05, 3.63) is 29.8 Å². The second-order valence-corrected chi connectivity index (χ2v) is 4.88. The molecule has 0 radical (unpaired) electrons. The number of benzene rings is 1. The number of carbonyl (C=O) groups is 1. The Kier molecular flexibility index (Phi) is 4.99. The molecular formula is C13H16F3NO3. The van der Waals surface area contributed by atoms with E-state index in [0.29, 0.717) is 6.42 Å². The van der Waals surface area contributed by atoms with Gasteiger partial charge >= 0.3 is 6.36 Å². The van der Waals surface area contributed by atoms with E-state index in [1.54, 1.807) is 13.8 Å². The van der Waals surface area contributed by atoms with Gasteiger partial charge in [0.2, 0.25) is 0 Å². The van der Waals surface area contributed by atoms with Crippen molar-refractivity contribution in [3.8, 4) is 5.75 Å². The third kappa shape index (κ3) is 5.48. The molecule has 0 aromatic heterocycles. The molecule has 0 heterocycles. The Balaban J connectivity index is 2.71. The highest BCUT2D eigenvalue weighted by Gasteiger charge is 2.31. The van der Waals surface area contributed by atoms with Gasteiger partial charge in [0.25, 0.3) is 5.91 Å². The lowest BCUT2D eigenvalue weighted by atomic mass is 10.0. The Bertz CT molecular complexity index is 455. The number of ether oxygens (including phenoxy) is 1. The maximum atomic E-state index is 12.0. The minimum Gasteiger partial charge on any atom is -0.406 e. The largest absolute Gasteiger partial charge is 0.573 e. The van der Waals surface area contributed by atoms with Gasteiger partial charge in [-0.1, -0.05) is 0 Å². The fraction of sp³-hybridized carbons (Fsp3) is 0.462. The summed E-state index contributed by atoms with van der Waals surface area (Å²) in [6.45, 7) is 3.40. The molecule has 1 amide bonds. The van der Waals surface area contributed by atoms with Crippen molar-refractivity contribution in [1.82, 2.24) is 5.32 Å². The van der Waals surface area contributed by atoms with Crippen LogP contribution in [0.2, 0.25) is 0 Å². The highest BCUT2D eigenvalue weighted by atomic mass is 19.4. The average Bonchev–Trinajstić information content (AvgIpc) is 2.26. The first kappa shape index (κ1) is 16.3. The molecule has 2 N–H and O–H groups in total. The predicted molar refractivity (Wildman–Crippen MR) is 66.4 cm³/mol. The minimum atomic E-state index is -4.76. The molecule has 7 heteroatoms. The number of aliphatic hydroxyl groups is 1. The van der Waals surface area contributed by atoms with E-state index in [0.717, 1.165) is 12.1 Å². The van der Waals surface area contributed by atoms with Crippen LogP contribution in [-0.2, 0) is 0 Å². The molecule has 0 atom stereocenters. The Morgan fingerprint density at radius 1 is 1.25 bits per heavy atom. The van der Waals surface area contributed by atoms with Crippen LogP contribution in [0.15, 0.2) is 24.3 Å². The third-order valence-electron chi connectivity index (χ3n) is 2.54. The smallest absolute Gasteiger partial charge is 0.406 e. The number of rotatable bonds is 5. The maximum Gasteiger partial charge on any atom is 0.573 e. The van der Waals surface area contributed by atoms with Crippen molar-refractivity contribution < 1.29 is 27.8 Å². The van der Waals surface area contributed by atoms with E-state index >= 15 is 0 Å². The highest BCUT2D eigenvalue weighted by molar-refractivity contribution is 5.94. The number of aliphatic hydroxyl groups excluding tert-OH is 1. The summed E-state index contributed by atoms with van der Waals surface area (Å²) in [4.78, 5) is 11.9. The zero-order chi connectivity index (χ0) is 15.4. The zero-order valence-electron chi connectivity index (χ0n) is 11.1. The summed E-state index contributed by atoms with van der Waals surface area (Å²) in [5.41, 5.74) is -0.391. The molecule has 1 aromatic rings. The van der Waals surface area contributed by atoms with E-state index in [1.807, 2.05) is 0 Å². The molecule has 0 bridgehead atoms. The normalized spacial score (nSPS) is 12.1. The molecule has 4 nitrogen and oxygen atoms in total. The first-order chi connectivity index (χ1) is 9.13. The van der Waals surface area contributed by atoms with Crippen molar-refractivity contribution in [2.24, 2.45) is 0 Å². The molecule has 20 heavy (non-hydrogen) atoms. The van der Waals surface area contributed by atoms with Crippen molar-refractivity contribution in [2.45, 2.75) is 32.2 Å². The Morgan fingerprint density at radius 3 is 2.25 bits per heavy atom. The number of nitrogens with one attached hydrogen (secondary N) is 1. The molecule has 0 spiro atoms. The second kappa shape index (κ2) is 6.13. The van der Waals surface area contributed by atoms with Crippen LogP contribution >= 0.6 is 0 Å². The summed E-state index contributed by atoms with van der Waals surface area (Å²) in [5, 5.41) is 11.5. The number of carbonyl (C=O) groups excluding carboxylic acids is 1. The van der Waals surface area contributed by atoms with Crippen LogP contribution in [0.1, 0.15) is 30.6 Å². The highest BCUT2D eigenvalue weighted by Crippen LogP contribution is 2.22. The van der Waals surface area contributed by atoms with E-state index < -0.39 is 17.8 Å². The molecule has 0 aliphatic carbocycles. The van der Waals surface area contributed by atoms with Crippen LogP contribution in [0, 0.1) is 0 Å². The molecule has 0 aliphatic heterocycles. The van der Waals surface area contributed by atoms with Gasteiger partial charge in [0, 0.05) is 17.7 Å². The number of halogens is 3. The van der Waals surface area contributed by atoms with Gasteiger partial charge in [0.05, 0.1) is 0 Å². The van der Waals surface area contributed by atoms with Crippen LogP contribution < -0.4 is 10.1 Å². The molecular weight excluding hydrogens is 275 g/mol. The van der Waals surface area contributed by atoms with Gasteiger partial charge in [0.1, 0.15) is 5.75 Å². The molecule has 112 valence electrons. The van der Waals surface area contributed by atoms with Gasteiger partial charge < -0.3 is 15.2 Å². The van der Waals surface area contributed by atoms with Gasteiger partial charge in [-0.25, -0.2) is 0 Å². The lowest BCUT2D eigenvalue weighted by Gasteiger charge is -2.25. The fourth-order valence-corrected chi connectivity index (χ4v) is 1.53. The number of hydrogen-bond acceptors (Lipinski definition) is 3. The van der Waals surface area contributed by atoms with Crippen LogP contribution in [0.3, 0.4) is 0 Å². The van der Waals surface area contributed by atoms with Gasteiger partial charge in [-0.05, 0) is 44.5 Å². The molecule has 0 unspecified atom stereocenters. The van der Waals surface area contributed by atoms with E-state index in [9.17, 15) is 18.0 Å². The summed E-state index contributed by atoms with van der Waals surface area (Å²) < 4.78 is 39.7. The van der Waals surface area contributed by atoms with Crippen molar-refractivity contribution in [3.63, 3.8) is 0 Å². The van der Waals surface area contributed by atoms with E-state index in [-0.39, 0.29) is 17.9 Å². The number of hydrogen-bond donors (Lipinski definition) is 2. The lowest BCUT2D eigenvalue weighted by molar-refractivity contribution is -0.274. The number of alkyl halides is 3. The zero-order valence-corrected chi connectivity index (χ0v) is 11.1. The first-order valence-electron chi connectivity index (χ1n) is 5.92. The topological polar surface area (TPSA) is 58.6 Å². The third-order valence-corrected chi connectivity index (χ3v) is 2.54. The average molecular weight is 291 g/mol. The van der Waals surface area contributed by atoms with E-state index in [2.05, 4.69) is 10.1 Å². The summed E-state index contributed by atoms with van der Waals surface area (Å²) in [5.74, 6) is -0.814. The monoisotopic (exact) mass is 291 g/mol. The van der Waals surface area contributed by atoms with E-state index in [1.165, 1.54) is 12.1 Å². The van der Waals surface area contributed by atoms with Gasteiger partial charge in [0.15, 0.2) is 0 Å². The standard InChI is InChI=1S/C13H16F3NO3/c1-12(2,7-8-18)17-11(19)9-3-5-10(6-4-9)20-13(14,15)16/h3-6,18H,7-8H2,1-2H3,(H,17,19). The SMILES string of the molecule is CC(C)(CCO)NC(=O)c1ccc(OC(F)(F)F)cc1. The number of amides is 1. The Morgan fingerprint density at radius 2 is 1.80 bits per heavy atom. The summed E-state index contributed by atoms with van der Waals surface area (Å²) >= 11 is 0. The molecule has 0 saturated carbocycles. The van der Waals surface area contributed by atoms with Crippen LogP contribution in [0.5, 0.6) is 5.75 Å². The lowest BCUT2D eigenvalue weighted by Crippen LogP contribution is -2.44. The Labute approximate surface area is 114 Å². The van der Waals surface area contributed by atoms with Crippen LogP contribution in [0.4, 0.5) is 13.2 Å². The van der Waals surface area contributed by atoms with Crippen molar-refractivity contribution >= 4 is 5.91 Å². The van der Waals surface area contributed by atoms with Gasteiger partial charge in [-0.2, -0.15) is 0 Å². The molecule has 1 rings (SSSR count). The van der Waals surface area contributed by atoms with Crippen LogP contribution in [0.25, 0.3) is 0 Å². The van der Waals surface area contributed by atoms with Gasteiger partial charge in [-0.3, -0.25) is 4.79 Å². The summed E-state index contributed by atoms with van der Waals surface area (Å²) in [7, 11) is 0. The van der Waals surface area contributed by atoms with Crippen molar-refractivity contribution in [1.29, 1.82) is 0 Å². The molecule has 1 aromatic carbocycles. The quantitative estimate of drug-likeness (QED) is 0.876. The summed E-state index contributed by atoms with van der Waals surface area (Å²) in [6, 6.07) is 4.62. The Hall–Kier alpha value is -1.76. The van der Waals surface area contributed by atoms with Crippen molar-refractivity contribution in [2.75, 3.05) is 6.61 Å². The summed E-state index contributed by atoms with van der Waals surface area (Å²) in [6.07, 6.45) is -4.39. The fourth-order valence-electron chi connectivity index (χ4n) is 1.53. The minimum absolute atomic E-state index is 0.0777. The van der Waals surface area contributed by atoms with E-state index in [4.69, 9.17) is 5.11 Å². The first-order valence-corrected chi connectivity index (χ1v) is 5.92. The molecule has 0 saturated heterocycles. The maximum absolute atomic E-state index is 12.0. The molecule has 0 aliphatic rings.